The Labute approximate surface area is 313 Å². The number of benzene rings is 2. The Balaban J connectivity index is 1.47. The second-order valence-electron chi connectivity index (χ2n) is 16.1. The molecule has 2 aromatic rings. The summed E-state index contributed by atoms with van der Waals surface area (Å²) < 4.78 is 0. The summed E-state index contributed by atoms with van der Waals surface area (Å²) in [5, 5.41) is 0. The summed E-state index contributed by atoms with van der Waals surface area (Å²) in [4.78, 5) is 5.00. The van der Waals surface area contributed by atoms with Crippen LogP contribution in [0.4, 0.5) is 0 Å². The SMILES string of the molecule is CCCCCCCCCCCCCCCCN(C)Cc1ccc(-c2ccc(CN(C)CCCCCCCCCCCCCCCC)cc2)cc1. The molecule has 0 N–H and O–H groups in total. The summed E-state index contributed by atoms with van der Waals surface area (Å²) in [5.41, 5.74) is 5.49. The van der Waals surface area contributed by atoms with E-state index in [1.165, 1.54) is 215 Å². The molecular weight excluding hydrogens is 605 g/mol. The van der Waals surface area contributed by atoms with Gasteiger partial charge >= 0.3 is 0 Å². The number of rotatable bonds is 35. The molecule has 0 aliphatic carbocycles. The van der Waals surface area contributed by atoms with Gasteiger partial charge in [0.2, 0.25) is 0 Å². The summed E-state index contributed by atoms with van der Waals surface area (Å²) in [6, 6.07) is 18.6. The van der Waals surface area contributed by atoms with E-state index in [0.29, 0.717) is 0 Å². The lowest BCUT2D eigenvalue weighted by molar-refractivity contribution is 0.316. The Morgan fingerprint density at radius 2 is 0.520 bits per heavy atom. The largest absolute Gasteiger partial charge is 0.302 e. The molecule has 0 atom stereocenters. The molecule has 0 saturated heterocycles. The highest BCUT2D eigenvalue weighted by Gasteiger charge is 2.05. The molecule has 2 heteroatoms. The van der Waals surface area contributed by atoms with Crippen LogP contribution in [0.3, 0.4) is 0 Å². The third kappa shape index (κ3) is 24.5. The van der Waals surface area contributed by atoms with Crippen molar-refractivity contribution in [3.05, 3.63) is 59.7 Å². The third-order valence-corrected chi connectivity index (χ3v) is 10.9. The minimum atomic E-state index is 1.04. The van der Waals surface area contributed by atoms with Gasteiger partial charge in [-0.3, -0.25) is 0 Å². The Hall–Kier alpha value is -1.64. The van der Waals surface area contributed by atoms with Crippen LogP contribution >= 0.6 is 0 Å². The van der Waals surface area contributed by atoms with E-state index in [9.17, 15) is 0 Å². The molecule has 0 unspecified atom stereocenters. The van der Waals surface area contributed by atoms with Crippen molar-refractivity contribution in [1.82, 2.24) is 9.80 Å². The molecule has 0 amide bonds. The number of hydrogen-bond acceptors (Lipinski definition) is 2. The van der Waals surface area contributed by atoms with Crippen molar-refractivity contribution >= 4 is 0 Å². The van der Waals surface area contributed by atoms with E-state index in [-0.39, 0.29) is 0 Å². The molecule has 2 rings (SSSR count). The van der Waals surface area contributed by atoms with E-state index in [0.717, 1.165) is 13.1 Å². The van der Waals surface area contributed by atoms with Gasteiger partial charge in [0.15, 0.2) is 0 Å². The summed E-state index contributed by atoms with van der Waals surface area (Å²) in [6.07, 6.45) is 39.9. The first-order valence-corrected chi connectivity index (χ1v) is 22.2. The molecule has 286 valence electrons. The highest BCUT2D eigenvalue weighted by Crippen LogP contribution is 2.22. The highest BCUT2D eigenvalue weighted by atomic mass is 15.1. The van der Waals surface area contributed by atoms with Gasteiger partial charge in [0.25, 0.3) is 0 Å². The van der Waals surface area contributed by atoms with Crippen molar-refractivity contribution in [1.29, 1.82) is 0 Å². The average Bonchev–Trinajstić information content (AvgIpc) is 3.12. The van der Waals surface area contributed by atoms with E-state index < -0.39 is 0 Å². The van der Waals surface area contributed by atoms with Crippen LogP contribution in [-0.2, 0) is 13.1 Å². The smallest absolute Gasteiger partial charge is 0.0230 e. The maximum atomic E-state index is 2.50. The topological polar surface area (TPSA) is 6.48 Å². The molecule has 0 spiro atoms. The van der Waals surface area contributed by atoms with Crippen LogP contribution in [-0.4, -0.2) is 37.0 Å². The van der Waals surface area contributed by atoms with Crippen LogP contribution in [0.1, 0.15) is 205 Å². The molecule has 0 aromatic heterocycles. The second kappa shape index (κ2) is 32.0. The van der Waals surface area contributed by atoms with E-state index in [4.69, 9.17) is 0 Å². The highest BCUT2D eigenvalue weighted by molar-refractivity contribution is 5.63. The molecule has 0 aliphatic rings. The Morgan fingerprint density at radius 3 is 0.760 bits per heavy atom. The molecule has 0 saturated carbocycles. The van der Waals surface area contributed by atoms with E-state index >= 15 is 0 Å². The van der Waals surface area contributed by atoms with Gasteiger partial charge in [-0.25, -0.2) is 0 Å². The monoisotopic (exact) mass is 689 g/mol. The molecule has 0 fully saturated rings. The van der Waals surface area contributed by atoms with Gasteiger partial charge in [-0.05, 0) is 62.3 Å². The predicted octanol–water partition coefficient (Wildman–Crippen LogP) is 15.2. The minimum Gasteiger partial charge on any atom is -0.302 e. The van der Waals surface area contributed by atoms with Crippen LogP contribution < -0.4 is 0 Å². The lowest BCUT2D eigenvalue weighted by Gasteiger charge is -2.17. The molecule has 0 bridgehead atoms. The van der Waals surface area contributed by atoms with Crippen LogP contribution in [0.15, 0.2) is 48.5 Å². The molecule has 0 radical (unpaired) electrons. The summed E-state index contributed by atoms with van der Waals surface area (Å²) in [7, 11) is 4.57. The minimum absolute atomic E-state index is 1.04. The molecule has 2 aromatic carbocycles. The molecule has 0 aliphatic heterocycles. The fraction of sp³-hybridized carbons (Fsp3) is 0.750. The van der Waals surface area contributed by atoms with Crippen molar-refractivity contribution in [3.63, 3.8) is 0 Å². The van der Waals surface area contributed by atoms with Gasteiger partial charge < -0.3 is 9.80 Å². The lowest BCUT2D eigenvalue weighted by atomic mass is 10.0. The first-order valence-electron chi connectivity index (χ1n) is 22.2. The van der Waals surface area contributed by atoms with Gasteiger partial charge in [0.1, 0.15) is 0 Å². The summed E-state index contributed by atoms with van der Waals surface area (Å²) in [5.74, 6) is 0. The number of hydrogen-bond donors (Lipinski definition) is 0. The van der Waals surface area contributed by atoms with Crippen molar-refractivity contribution < 1.29 is 0 Å². The van der Waals surface area contributed by atoms with E-state index in [2.05, 4.69) is 86.3 Å². The Morgan fingerprint density at radius 1 is 0.300 bits per heavy atom. The lowest BCUT2D eigenvalue weighted by Crippen LogP contribution is -2.19. The zero-order valence-corrected chi connectivity index (χ0v) is 34.1. The Bertz CT molecular complexity index is 899. The first kappa shape index (κ1) is 44.5. The number of unbranched alkanes of at least 4 members (excludes halogenated alkanes) is 26. The van der Waals surface area contributed by atoms with Crippen LogP contribution in [0.5, 0.6) is 0 Å². The van der Waals surface area contributed by atoms with Crippen molar-refractivity contribution in [2.45, 2.75) is 207 Å². The Kier molecular flexibility index (Phi) is 28.5. The average molecular weight is 689 g/mol. The van der Waals surface area contributed by atoms with Crippen LogP contribution in [0.2, 0.25) is 0 Å². The summed E-state index contributed by atoms with van der Waals surface area (Å²) >= 11 is 0. The van der Waals surface area contributed by atoms with E-state index in [1.807, 2.05) is 0 Å². The van der Waals surface area contributed by atoms with Gasteiger partial charge in [-0.2, -0.15) is 0 Å². The van der Waals surface area contributed by atoms with Gasteiger partial charge in [0.05, 0.1) is 0 Å². The zero-order valence-electron chi connectivity index (χ0n) is 34.1. The molecule has 50 heavy (non-hydrogen) atoms. The second-order valence-corrected chi connectivity index (χ2v) is 16.1. The van der Waals surface area contributed by atoms with Gasteiger partial charge in [-0.1, -0.05) is 229 Å². The predicted molar refractivity (Wildman–Crippen MR) is 225 cm³/mol. The maximum Gasteiger partial charge on any atom is 0.0230 e. The standard InChI is InChI=1S/C48H84N2/c1-5-7-9-11-13-15-17-19-21-23-25-27-29-31-41-49(3)43-45-33-37-47(38-34-45)48-39-35-46(36-40-48)44-50(4)42-32-30-28-26-24-22-20-18-16-14-12-10-8-6-2/h33-40H,5-32,41-44H2,1-4H3. The fourth-order valence-electron chi connectivity index (χ4n) is 7.54. The van der Waals surface area contributed by atoms with E-state index in [1.54, 1.807) is 0 Å². The summed E-state index contributed by atoms with van der Waals surface area (Å²) in [6.45, 7) is 9.10. The maximum absolute atomic E-state index is 2.50. The van der Waals surface area contributed by atoms with Crippen molar-refractivity contribution in [2.24, 2.45) is 0 Å². The van der Waals surface area contributed by atoms with Gasteiger partial charge in [-0.15, -0.1) is 0 Å². The van der Waals surface area contributed by atoms with Gasteiger partial charge in [0, 0.05) is 13.1 Å². The fourth-order valence-corrected chi connectivity index (χ4v) is 7.54. The zero-order chi connectivity index (χ0) is 35.7. The van der Waals surface area contributed by atoms with Crippen LogP contribution in [0.25, 0.3) is 11.1 Å². The normalized spacial score (nSPS) is 11.7. The molecule has 2 nitrogen and oxygen atoms in total. The first-order chi connectivity index (χ1) is 24.6. The quantitative estimate of drug-likeness (QED) is 0.0665. The molecular formula is C48H84N2. The molecule has 0 heterocycles. The van der Waals surface area contributed by atoms with Crippen molar-refractivity contribution in [3.8, 4) is 11.1 Å². The third-order valence-electron chi connectivity index (χ3n) is 10.9. The van der Waals surface area contributed by atoms with Crippen LogP contribution in [0, 0.1) is 0 Å². The van der Waals surface area contributed by atoms with Crippen molar-refractivity contribution in [2.75, 3.05) is 27.2 Å². The number of nitrogens with zero attached hydrogens (tertiary/aromatic N) is 2.